The first-order chi connectivity index (χ1) is 7.79. The number of thioether (sulfide) groups is 1. The van der Waals surface area contributed by atoms with E-state index in [0.717, 1.165) is 17.4 Å². The van der Waals surface area contributed by atoms with Gasteiger partial charge in [0.1, 0.15) is 0 Å². The second kappa shape index (κ2) is 6.03. The Morgan fingerprint density at radius 2 is 2.44 bits per heavy atom. The molecular weight excluding hydrogens is 238 g/mol. The zero-order chi connectivity index (χ0) is 11.4. The molecule has 2 nitrogen and oxygen atoms in total. The van der Waals surface area contributed by atoms with Crippen molar-refractivity contribution < 1.29 is 5.11 Å². The van der Waals surface area contributed by atoms with E-state index in [-0.39, 0.29) is 12.5 Å². The van der Waals surface area contributed by atoms with E-state index in [0.29, 0.717) is 0 Å². The molecule has 1 fully saturated rings. The largest absolute Gasteiger partial charge is 0.396 e. The van der Waals surface area contributed by atoms with Crippen LogP contribution in [0.5, 0.6) is 0 Å². The molecule has 0 bridgehead atoms. The van der Waals surface area contributed by atoms with Crippen molar-refractivity contribution in [3.05, 3.63) is 16.1 Å². The Balaban J connectivity index is 1.91. The molecule has 1 aliphatic rings. The van der Waals surface area contributed by atoms with Crippen LogP contribution in [0.3, 0.4) is 0 Å². The zero-order valence-corrected chi connectivity index (χ0v) is 11.3. The maximum atomic E-state index is 9.08. The molecule has 1 aromatic heterocycles. The van der Waals surface area contributed by atoms with Gasteiger partial charge in [-0.25, -0.2) is 4.98 Å². The van der Waals surface area contributed by atoms with E-state index in [9.17, 15) is 0 Å². The van der Waals surface area contributed by atoms with Crippen molar-refractivity contribution in [3.63, 3.8) is 0 Å². The minimum Gasteiger partial charge on any atom is -0.396 e. The highest BCUT2D eigenvalue weighted by Gasteiger charge is 2.17. The first kappa shape index (κ1) is 12.4. The lowest BCUT2D eigenvalue weighted by atomic mass is 10.1. The van der Waals surface area contributed by atoms with Gasteiger partial charge < -0.3 is 5.11 Å². The summed E-state index contributed by atoms with van der Waals surface area (Å²) in [6.07, 6.45) is 5.22. The van der Waals surface area contributed by atoms with Crippen LogP contribution in [0, 0.1) is 0 Å². The second-order valence-corrected chi connectivity index (χ2v) is 6.79. The molecule has 0 amide bonds. The van der Waals surface area contributed by atoms with Gasteiger partial charge in [0.15, 0.2) is 0 Å². The SMILES string of the molecule is CC(CO)c1csc(CC2CCCCS2)n1. The zero-order valence-electron chi connectivity index (χ0n) is 9.69. The lowest BCUT2D eigenvalue weighted by molar-refractivity contribution is 0.271. The Kier molecular flexibility index (Phi) is 4.67. The van der Waals surface area contributed by atoms with E-state index >= 15 is 0 Å². The molecule has 1 N–H and O–H groups in total. The van der Waals surface area contributed by atoms with Crippen LogP contribution in [-0.4, -0.2) is 27.7 Å². The summed E-state index contributed by atoms with van der Waals surface area (Å²) in [4.78, 5) is 4.62. The van der Waals surface area contributed by atoms with Gasteiger partial charge in [0.2, 0.25) is 0 Å². The fourth-order valence-electron chi connectivity index (χ4n) is 1.90. The highest BCUT2D eigenvalue weighted by molar-refractivity contribution is 7.99. The van der Waals surface area contributed by atoms with Crippen molar-refractivity contribution >= 4 is 23.1 Å². The summed E-state index contributed by atoms with van der Waals surface area (Å²) in [5.74, 6) is 1.50. The minimum atomic E-state index is 0.184. The van der Waals surface area contributed by atoms with E-state index < -0.39 is 0 Å². The lowest BCUT2D eigenvalue weighted by Gasteiger charge is -2.19. The van der Waals surface area contributed by atoms with Gasteiger partial charge in [0, 0.05) is 23.0 Å². The van der Waals surface area contributed by atoms with Crippen molar-refractivity contribution in [3.8, 4) is 0 Å². The number of aliphatic hydroxyl groups is 1. The highest BCUT2D eigenvalue weighted by Crippen LogP contribution is 2.29. The van der Waals surface area contributed by atoms with E-state index in [4.69, 9.17) is 5.11 Å². The number of nitrogens with zero attached hydrogens (tertiary/aromatic N) is 1. The topological polar surface area (TPSA) is 33.1 Å². The van der Waals surface area contributed by atoms with E-state index in [1.165, 1.54) is 30.0 Å². The summed E-state index contributed by atoms with van der Waals surface area (Å²) in [5, 5.41) is 13.2. The standard InChI is InChI=1S/C12H19NOS2/c1-9(7-14)11-8-16-12(13-11)6-10-4-2-3-5-15-10/h8-10,14H,2-7H2,1H3. The fourth-order valence-corrected chi connectivity index (χ4v) is 4.32. The maximum absolute atomic E-state index is 9.08. The van der Waals surface area contributed by atoms with Crippen LogP contribution in [0.1, 0.15) is 42.8 Å². The van der Waals surface area contributed by atoms with Gasteiger partial charge in [-0.05, 0) is 18.6 Å². The molecule has 0 saturated carbocycles. The van der Waals surface area contributed by atoms with E-state index in [1.54, 1.807) is 11.3 Å². The monoisotopic (exact) mass is 257 g/mol. The van der Waals surface area contributed by atoms with Gasteiger partial charge in [-0.2, -0.15) is 11.8 Å². The van der Waals surface area contributed by atoms with Gasteiger partial charge in [0.25, 0.3) is 0 Å². The Hall–Kier alpha value is -0.0600. The van der Waals surface area contributed by atoms with Crippen LogP contribution in [0.25, 0.3) is 0 Å². The van der Waals surface area contributed by atoms with E-state index in [2.05, 4.69) is 22.1 Å². The third kappa shape index (κ3) is 3.22. The number of aliphatic hydroxyl groups excluding tert-OH is 1. The fraction of sp³-hybridized carbons (Fsp3) is 0.750. The molecule has 0 aromatic carbocycles. The Labute approximate surface area is 105 Å². The molecule has 16 heavy (non-hydrogen) atoms. The van der Waals surface area contributed by atoms with Gasteiger partial charge in [-0.1, -0.05) is 13.3 Å². The summed E-state index contributed by atoms with van der Waals surface area (Å²) >= 11 is 3.85. The number of hydrogen-bond acceptors (Lipinski definition) is 4. The van der Waals surface area contributed by atoms with Gasteiger partial charge in [-0.15, -0.1) is 11.3 Å². The van der Waals surface area contributed by atoms with E-state index in [1.807, 2.05) is 6.92 Å². The van der Waals surface area contributed by atoms with Crippen LogP contribution in [0.15, 0.2) is 5.38 Å². The van der Waals surface area contributed by atoms with Crippen LogP contribution in [-0.2, 0) is 6.42 Å². The summed E-state index contributed by atoms with van der Waals surface area (Å²) < 4.78 is 0. The molecule has 90 valence electrons. The normalized spacial score (nSPS) is 23.2. The smallest absolute Gasteiger partial charge is 0.0939 e. The molecule has 1 aromatic rings. The number of thiazole rings is 1. The van der Waals surface area contributed by atoms with Crippen LogP contribution >= 0.6 is 23.1 Å². The third-order valence-electron chi connectivity index (χ3n) is 3.02. The molecule has 0 spiro atoms. The van der Waals surface area contributed by atoms with Crippen molar-refractivity contribution in [1.82, 2.24) is 4.98 Å². The molecular formula is C12H19NOS2. The first-order valence-corrected chi connectivity index (χ1v) is 7.89. The molecule has 4 heteroatoms. The lowest BCUT2D eigenvalue weighted by Crippen LogP contribution is -2.12. The van der Waals surface area contributed by atoms with Crippen LogP contribution in [0.2, 0.25) is 0 Å². The molecule has 0 aliphatic carbocycles. The van der Waals surface area contributed by atoms with Crippen LogP contribution < -0.4 is 0 Å². The molecule has 2 atom stereocenters. The Morgan fingerprint density at radius 1 is 1.56 bits per heavy atom. The van der Waals surface area contributed by atoms with Crippen molar-refractivity contribution in [2.75, 3.05) is 12.4 Å². The third-order valence-corrected chi connectivity index (χ3v) is 5.31. The Morgan fingerprint density at radius 3 is 3.12 bits per heavy atom. The Bertz CT molecular complexity index is 321. The second-order valence-electron chi connectivity index (χ2n) is 4.44. The molecule has 2 heterocycles. The number of aromatic nitrogens is 1. The van der Waals surface area contributed by atoms with Crippen molar-refractivity contribution in [1.29, 1.82) is 0 Å². The molecule has 1 saturated heterocycles. The summed E-state index contributed by atoms with van der Waals surface area (Å²) in [6.45, 7) is 2.22. The summed E-state index contributed by atoms with van der Waals surface area (Å²) in [6, 6.07) is 0. The predicted molar refractivity (Wildman–Crippen MR) is 71.4 cm³/mol. The van der Waals surface area contributed by atoms with Gasteiger partial charge >= 0.3 is 0 Å². The molecule has 0 radical (unpaired) electrons. The van der Waals surface area contributed by atoms with Crippen LogP contribution in [0.4, 0.5) is 0 Å². The predicted octanol–water partition coefficient (Wildman–Crippen LogP) is 3.07. The number of hydrogen-bond donors (Lipinski definition) is 1. The molecule has 2 unspecified atom stereocenters. The average Bonchev–Trinajstić information content (AvgIpc) is 2.78. The van der Waals surface area contributed by atoms with Gasteiger partial charge in [-0.3, -0.25) is 0 Å². The highest BCUT2D eigenvalue weighted by atomic mass is 32.2. The number of rotatable bonds is 4. The van der Waals surface area contributed by atoms with Crippen molar-refractivity contribution in [2.24, 2.45) is 0 Å². The maximum Gasteiger partial charge on any atom is 0.0939 e. The van der Waals surface area contributed by atoms with Crippen molar-refractivity contribution in [2.45, 2.75) is 43.8 Å². The van der Waals surface area contributed by atoms with Gasteiger partial charge in [0.05, 0.1) is 17.3 Å². The first-order valence-electron chi connectivity index (χ1n) is 5.96. The summed E-state index contributed by atoms with van der Waals surface area (Å²) in [5.41, 5.74) is 1.06. The minimum absolute atomic E-state index is 0.184. The summed E-state index contributed by atoms with van der Waals surface area (Å²) in [7, 11) is 0. The molecule has 2 rings (SSSR count). The molecule has 1 aliphatic heterocycles. The average molecular weight is 257 g/mol. The quantitative estimate of drug-likeness (QED) is 0.900.